The molecule has 2 rings (SSSR count). The molecule has 0 saturated heterocycles. The van der Waals surface area contributed by atoms with E-state index in [0.717, 1.165) is 15.6 Å². The van der Waals surface area contributed by atoms with Gasteiger partial charge in [-0.15, -0.1) is 0 Å². The number of ether oxygens (including phenoxy) is 1. The molecule has 2 aromatic rings. The van der Waals surface area contributed by atoms with E-state index in [1.54, 1.807) is 0 Å². The van der Waals surface area contributed by atoms with E-state index >= 15 is 0 Å². The first kappa shape index (κ1) is 12.1. The minimum Gasteiger partial charge on any atom is -0.417 e. The standard InChI is InChI=1S/C12H13BrN2O2/c1-7-3-10(4-8(2)11(7)13)17-12-15-9(5-14)6-16-12/h3-4,6H,5,14H2,1-2H3. The van der Waals surface area contributed by atoms with Crippen LogP contribution in [0.3, 0.4) is 0 Å². The van der Waals surface area contributed by atoms with E-state index in [2.05, 4.69) is 20.9 Å². The van der Waals surface area contributed by atoms with Crippen molar-refractivity contribution in [2.45, 2.75) is 20.4 Å². The van der Waals surface area contributed by atoms with Crippen molar-refractivity contribution < 1.29 is 9.15 Å². The lowest BCUT2D eigenvalue weighted by atomic mass is 10.1. The van der Waals surface area contributed by atoms with Crippen molar-refractivity contribution in [3.63, 3.8) is 0 Å². The van der Waals surface area contributed by atoms with Gasteiger partial charge in [0.15, 0.2) is 0 Å². The van der Waals surface area contributed by atoms with Crippen molar-refractivity contribution in [3.05, 3.63) is 39.7 Å². The largest absolute Gasteiger partial charge is 0.417 e. The normalized spacial score (nSPS) is 10.6. The Hall–Kier alpha value is -1.33. The molecule has 0 spiro atoms. The molecule has 0 unspecified atom stereocenters. The van der Waals surface area contributed by atoms with Crippen molar-refractivity contribution in [2.75, 3.05) is 0 Å². The number of rotatable bonds is 3. The molecule has 2 N–H and O–H groups in total. The summed E-state index contributed by atoms with van der Waals surface area (Å²) in [4.78, 5) is 4.08. The number of hydrogen-bond acceptors (Lipinski definition) is 4. The highest BCUT2D eigenvalue weighted by molar-refractivity contribution is 9.10. The van der Waals surface area contributed by atoms with Crippen molar-refractivity contribution in [3.8, 4) is 11.8 Å². The Morgan fingerprint density at radius 2 is 2.00 bits per heavy atom. The second-order valence-corrected chi connectivity index (χ2v) is 4.57. The zero-order valence-electron chi connectivity index (χ0n) is 9.66. The molecule has 1 aromatic carbocycles. The van der Waals surface area contributed by atoms with E-state index in [4.69, 9.17) is 14.9 Å². The second-order valence-electron chi connectivity index (χ2n) is 3.78. The van der Waals surface area contributed by atoms with E-state index in [9.17, 15) is 0 Å². The molecule has 1 heterocycles. The fraction of sp³-hybridized carbons (Fsp3) is 0.250. The van der Waals surface area contributed by atoms with Crippen LogP contribution in [0.15, 0.2) is 27.3 Å². The summed E-state index contributed by atoms with van der Waals surface area (Å²) in [5.74, 6) is 0.702. The number of nitrogens with two attached hydrogens (primary N) is 1. The molecule has 0 atom stereocenters. The highest BCUT2D eigenvalue weighted by Gasteiger charge is 2.08. The van der Waals surface area contributed by atoms with Crippen LogP contribution in [0.4, 0.5) is 0 Å². The van der Waals surface area contributed by atoms with Crippen LogP contribution in [0.25, 0.3) is 0 Å². The smallest absolute Gasteiger partial charge is 0.399 e. The molecule has 0 fully saturated rings. The molecule has 4 nitrogen and oxygen atoms in total. The maximum absolute atomic E-state index is 5.52. The van der Waals surface area contributed by atoms with Crippen molar-refractivity contribution in [1.29, 1.82) is 0 Å². The molecule has 0 aliphatic rings. The van der Waals surface area contributed by atoms with Gasteiger partial charge in [-0.3, -0.25) is 0 Å². The topological polar surface area (TPSA) is 61.3 Å². The lowest BCUT2D eigenvalue weighted by Crippen LogP contribution is -1.96. The summed E-state index contributed by atoms with van der Waals surface area (Å²) >= 11 is 3.50. The minimum atomic E-state index is 0.214. The van der Waals surface area contributed by atoms with Crippen LogP contribution in [-0.2, 0) is 6.54 Å². The van der Waals surface area contributed by atoms with E-state index < -0.39 is 0 Å². The zero-order valence-corrected chi connectivity index (χ0v) is 11.2. The number of aromatic nitrogens is 1. The minimum absolute atomic E-state index is 0.214. The summed E-state index contributed by atoms with van der Waals surface area (Å²) in [5.41, 5.74) is 8.32. The molecular weight excluding hydrogens is 284 g/mol. The third kappa shape index (κ3) is 2.68. The maximum Gasteiger partial charge on any atom is 0.399 e. The molecule has 0 radical (unpaired) electrons. The number of hydrogen-bond donors (Lipinski definition) is 1. The fourth-order valence-electron chi connectivity index (χ4n) is 1.49. The first-order chi connectivity index (χ1) is 8.10. The number of benzene rings is 1. The third-order valence-corrected chi connectivity index (χ3v) is 3.61. The summed E-state index contributed by atoms with van der Waals surface area (Å²) in [6.07, 6.45) is 1.71. The van der Waals surface area contributed by atoms with Crippen molar-refractivity contribution in [2.24, 2.45) is 5.73 Å². The first-order valence-corrected chi connectivity index (χ1v) is 5.98. The lowest BCUT2D eigenvalue weighted by Gasteiger charge is -2.06. The Morgan fingerprint density at radius 1 is 1.35 bits per heavy atom. The summed E-state index contributed by atoms with van der Waals surface area (Å²) in [6.45, 7) is 4.35. The molecule has 5 heteroatoms. The average Bonchev–Trinajstić information content (AvgIpc) is 2.73. The highest BCUT2D eigenvalue weighted by Crippen LogP contribution is 2.29. The average molecular weight is 297 g/mol. The van der Waals surface area contributed by atoms with Gasteiger partial charge in [0.1, 0.15) is 12.0 Å². The van der Waals surface area contributed by atoms with Crippen LogP contribution in [0.1, 0.15) is 16.8 Å². The fourth-order valence-corrected chi connectivity index (χ4v) is 1.72. The molecule has 0 aliphatic heterocycles. The first-order valence-electron chi connectivity index (χ1n) is 5.19. The van der Waals surface area contributed by atoms with Gasteiger partial charge in [-0.2, -0.15) is 4.98 Å². The van der Waals surface area contributed by atoms with Crippen LogP contribution in [0.2, 0.25) is 0 Å². The molecule has 17 heavy (non-hydrogen) atoms. The number of nitrogens with zero attached hydrogens (tertiary/aromatic N) is 1. The molecule has 90 valence electrons. The Morgan fingerprint density at radius 3 is 2.53 bits per heavy atom. The van der Waals surface area contributed by atoms with Crippen molar-refractivity contribution in [1.82, 2.24) is 4.98 Å². The SMILES string of the molecule is Cc1cc(Oc2nc(CN)co2)cc(C)c1Br. The van der Waals surface area contributed by atoms with Crippen LogP contribution in [-0.4, -0.2) is 4.98 Å². The Balaban J connectivity index is 2.24. The highest BCUT2D eigenvalue weighted by atomic mass is 79.9. The molecule has 0 bridgehead atoms. The number of aryl methyl sites for hydroxylation is 2. The number of halogens is 1. The Bertz CT molecular complexity index is 514. The van der Waals surface area contributed by atoms with Crippen LogP contribution in [0.5, 0.6) is 11.8 Å². The van der Waals surface area contributed by atoms with Crippen LogP contribution in [0, 0.1) is 13.8 Å². The van der Waals surface area contributed by atoms with E-state index in [0.29, 0.717) is 18.0 Å². The summed E-state index contributed by atoms with van der Waals surface area (Å²) in [5, 5.41) is 0. The predicted molar refractivity (Wildman–Crippen MR) is 68.1 cm³/mol. The Kier molecular flexibility index (Phi) is 3.49. The van der Waals surface area contributed by atoms with Gasteiger partial charge in [0.05, 0.1) is 5.69 Å². The van der Waals surface area contributed by atoms with Crippen molar-refractivity contribution >= 4 is 15.9 Å². The predicted octanol–water partition coefficient (Wildman–Crippen LogP) is 3.30. The maximum atomic E-state index is 5.52. The molecule has 0 saturated carbocycles. The van der Waals surface area contributed by atoms with Gasteiger partial charge >= 0.3 is 6.08 Å². The van der Waals surface area contributed by atoms with E-state index in [-0.39, 0.29) is 6.08 Å². The quantitative estimate of drug-likeness (QED) is 0.944. The van der Waals surface area contributed by atoms with Gasteiger partial charge in [0.25, 0.3) is 0 Å². The van der Waals surface area contributed by atoms with Crippen LogP contribution >= 0.6 is 15.9 Å². The summed E-state index contributed by atoms with van der Waals surface area (Å²) in [7, 11) is 0. The third-order valence-electron chi connectivity index (χ3n) is 2.35. The van der Waals surface area contributed by atoms with Gasteiger partial charge in [-0.1, -0.05) is 15.9 Å². The van der Waals surface area contributed by atoms with Gasteiger partial charge in [-0.05, 0) is 37.1 Å². The van der Waals surface area contributed by atoms with Gasteiger partial charge < -0.3 is 14.9 Å². The second kappa shape index (κ2) is 4.89. The monoisotopic (exact) mass is 296 g/mol. The molecule has 0 aliphatic carbocycles. The zero-order chi connectivity index (χ0) is 12.4. The molecule has 0 amide bonds. The summed E-state index contributed by atoms with van der Waals surface area (Å²) in [6, 6.07) is 3.84. The van der Waals surface area contributed by atoms with Gasteiger partial charge in [0, 0.05) is 11.0 Å². The van der Waals surface area contributed by atoms with Gasteiger partial charge in [0.2, 0.25) is 0 Å². The Labute approximate surface area is 108 Å². The molecular formula is C12H13BrN2O2. The van der Waals surface area contributed by atoms with Gasteiger partial charge in [-0.25, -0.2) is 0 Å². The number of oxazole rings is 1. The van der Waals surface area contributed by atoms with E-state index in [1.165, 1.54) is 6.26 Å². The van der Waals surface area contributed by atoms with Crippen LogP contribution < -0.4 is 10.5 Å². The lowest BCUT2D eigenvalue weighted by molar-refractivity contribution is 0.330. The molecule has 1 aromatic heterocycles. The van der Waals surface area contributed by atoms with E-state index in [1.807, 2.05) is 26.0 Å². The summed E-state index contributed by atoms with van der Waals surface area (Å²) < 4.78 is 11.8.